The van der Waals surface area contributed by atoms with Gasteiger partial charge in [0.15, 0.2) is 17.1 Å². The maximum atomic E-state index is 12.8. The zero-order valence-electron chi connectivity index (χ0n) is 17.7. The summed E-state index contributed by atoms with van der Waals surface area (Å²) in [4.78, 5) is 29.0. The molecule has 0 bridgehead atoms. The third-order valence-electron chi connectivity index (χ3n) is 5.22. The number of fused-ring (bicyclic) bond motifs is 3. The van der Waals surface area contributed by atoms with Crippen LogP contribution >= 0.6 is 0 Å². The smallest absolute Gasteiger partial charge is 0.273 e. The van der Waals surface area contributed by atoms with Crippen LogP contribution in [0.1, 0.15) is 11.3 Å². The van der Waals surface area contributed by atoms with Crippen LogP contribution in [-0.2, 0) is 17.8 Å². The number of nitrogens with one attached hydrogen (secondary N) is 1. The third kappa shape index (κ3) is 3.96. The SMILES string of the molecule is COc1cc2c(cc1OC)n(CC(=O)NCCc1ccccc1)n1c(C)cc(=O)nc21. The number of rotatable bonds is 7. The Labute approximate surface area is 179 Å². The number of aryl methyl sites for hydroxylation is 1. The van der Waals surface area contributed by atoms with Crippen molar-refractivity contribution < 1.29 is 14.3 Å². The second kappa shape index (κ2) is 8.51. The second-order valence-electron chi connectivity index (χ2n) is 7.24. The van der Waals surface area contributed by atoms with Crippen LogP contribution in [-0.4, -0.2) is 40.9 Å². The number of ether oxygens (including phenoxy) is 2. The highest BCUT2D eigenvalue weighted by Crippen LogP contribution is 2.34. The van der Waals surface area contributed by atoms with E-state index in [0.29, 0.717) is 34.8 Å². The molecule has 8 heteroatoms. The van der Waals surface area contributed by atoms with Gasteiger partial charge in [0.05, 0.1) is 19.7 Å². The summed E-state index contributed by atoms with van der Waals surface area (Å²) in [6, 6.07) is 15.0. The number of amides is 1. The van der Waals surface area contributed by atoms with Crippen molar-refractivity contribution in [3.8, 4) is 11.5 Å². The first kappa shape index (κ1) is 20.5. The largest absolute Gasteiger partial charge is 0.493 e. The van der Waals surface area contributed by atoms with E-state index in [4.69, 9.17) is 9.47 Å². The van der Waals surface area contributed by atoms with E-state index in [9.17, 15) is 9.59 Å². The molecule has 4 aromatic rings. The Balaban J connectivity index is 1.71. The van der Waals surface area contributed by atoms with Crippen LogP contribution in [0.2, 0.25) is 0 Å². The van der Waals surface area contributed by atoms with Crippen LogP contribution in [0.4, 0.5) is 0 Å². The summed E-state index contributed by atoms with van der Waals surface area (Å²) >= 11 is 0. The topological polar surface area (TPSA) is 86.9 Å². The lowest BCUT2D eigenvalue weighted by Crippen LogP contribution is -2.31. The second-order valence-corrected chi connectivity index (χ2v) is 7.24. The minimum absolute atomic E-state index is 0.0651. The van der Waals surface area contributed by atoms with Crippen LogP contribution < -0.4 is 20.3 Å². The van der Waals surface area contributed by atoms with Gasteiger partial charge >= 0.3 is 0 Å². The molecule has 2 heterocycles. The molecule has 0 saturated carbocycles. The molecule has 0 saturated heterocycles. The monoisotopic (exact) mass is 420 g/mol. The van der Waals surface area contributed by atoms with Crippen LogP contribution in [0.3, 0.4) is 0 Å². The predicted octanol–water partition coefficient (Wildman–Crippen LogP) is 2.33. The van der Waals surface area contributed by atoms with Gasteiger partial charge in [-0.25, -0.2) is 4.52 Å². The molecule has 0 spiro atoms. The zero-order chi connectivity index (χ0) is 22.0. The normalized spacial score (nSPS) is 11.1. The first-order chi connectivity index (χ1) is 15.0. The molecule has 2 aromatic heterocycles. The van der Waals surface area contributed by atoms with E-state index in [2.05, 4.69) is 10.3 Å². The first-order valence-corrected chi connectivity index (χ1v) is 9.97. The molecule has 1 N–H and O–H groups in total. The molecule has 2 aromatic carbocycles. The number of carbonyl (C=O) groups is 1. The van der Waals surface area contributed by atoms with Gasteiger partial charge < -0.3 is 14.8 Å². The van der Waals surface area contributed by atoms with Crippen LogP contribution in [0, 0.1) is 6.92 Å². The van der Waals surface area contributed by atoms with E-state index in [1.54, 1.807) is 35.5 Å². The molecular formula is C23H24N4O4. The van der Waals surface area contributed by atoms with E-state index in [-0.39, 0.29) is 18.0 Å². The Morgan fingerprint density at radius 1 is 1.06 bits per heavy atom. The van der Waals surface area contributed by atoms with E-state index in [1.807, 2.05) is 37.3 Å². The van der Waals surface area contributed by atoms with Crippen molar-refractivity contribution in [2.75, 3.05) is 20.8 Å². The van der Waals surface area contributed by atoms with Crippen LogP contribution in [0.25, 0.3) is 16.6 Å². The average Bonchev–Trinajstić information content (AvgIpc) is 3.06. The van der Waals surface area contributed by atoms with Gasteiger partial charge in [-0.05, 0) is 25.0 Å². The number of hydrogen-bond donors (Lipinski definition) is 1. The molecule has 0 fully saturated rings. The van der Waals surface area contributed by atoms with Gasteiger partial charge in [0.2, 0.25) is 5.91 Å². The lowest BCUT2D eigenvalue weighted by molar-refractivity contribution is -0.121. The highest BCUT2D eigenvalue weighted by atomic mass is 16.5. The van der Waals surface area contributed by atoms with Crippen molar-refractivity contribution in [3.63, 3.8) is 0 Å². The lowest BCUT2D eigenvalue weighted by atomic mass is 10.1. The van der Waals surface area contributed by atoms with Crippen molar-refractivity contribution in [1.29, 1.82) is 0 Å². The molecule has 31 heavy (non-hydrogen) atoms. The van der Waals surface area contributed by atoms with Crippen molar-refractivity contribution in [3.05, 3.63) is 70.1 Å². The van der Waals surface area contributed by atoms with E-state index in [0.717, 1.165) is 17.5 Å². The maximum absolute atomic E-state index is 12.8. The number of methoxy groups -OCH3 is 2. The van der Waals surface area contributed by atoms with E-state index >= 15 is 0 Å². The fourth-order valence-corrected chi connectivity index (χ4v) is 3.78. The molecule has 0 aliphatic heterocycles. The summed E-state index contributed by atoms with van der Waals surface area (Å²) in [5.41, 5.74) is 2.70. The van der Waals surface area contributed by atoms with E-state index < -0.39 is 0 Å². The fraction of sp³-hybridized carbons (Fsp3) is 0.261. The average molecular weight is 420 g/mol. The van der Waals surface area contributed by atoms with Crippen molar-refractivity contribution in [2.45, 2.75) is 19.9 Å². The standard InChI is InChI=1S/C23H24N4O4/c1-15-11-21(28)25-23-17-12-19(30-2)20(31-3)13-18(17)26(27(15)23)14-22(29)24-10-9-16-7-5-4-6-8-16/h4-8,11-13H,9-10,14H2,1-3H3,(H,24,29). The van der Waals surface area contributed by atoms with Crippen molar-refractivity contribution in [2.24, 2.45) is 0 Å². The Morgan fingerprint density at radius 3 is 2.48 bits per heavy atom. The fourth-order valence-electron chi connectivity index (χ4n) is 3.78. The highest BCUT2D eigenvalue weighted by Gasteiger charge is 2.19. The number of nitrogens with zero attached hydrogens (tertiary/aromatic N) is 3. The summed E-state index contributed by atoms with van der Waals surface area (Å²) in [6.07, 6.45) is 0.748. The Bertz CT molecular complexity index is 1310. The van der Waals surface area contributed by atoms with Crippen molar-refractivity contribution >= 4 is 22.5 Å². The number of carbonyl (C=O) groups excluding carboxylic acids is 1. The molecule has 0 aliphatic carbocycles. The van der Waals surface area contributed by atoms with Crippen LogP contribution in [0.5, 0.6) is 11.5 Å². The maximum Gasteiger partial charge on any atom is 0.273 e. The Kier molecular flexibility index (Phi) is 5.62. The van der Waals surface area contributed by atoms with Gasteiger partial charge in [-0.15, -0.1) is 0 Å². The molecule has 8 nitrogen and oxygen atoms in total. The van der Waals surface area contributed by atoms with Crippen molar-refractivity contribution in [1.82, 2.24) is 19.5 Å². The highest BCUT2D eigenvalue weighted by molar-refractivity contribution is 5.96. The Hall–Kier alpha value is -3.81. The minimum atomic E-state index is -0.335. The van der Waals surface area contributed by atoms with Crippen LogP contribution in [0.15, 0.2) is 53.3 Å². The number of benzene rings is 2. The summed E-state index contributed by atoms with van der Waals surface area (Å²) in [6.45, 7) is 2.41. The quantitative estimate of drug-likeness (QED) is 0.496. The number of hydrogen-bond acceptors (Lipinski definition) is 5. The third-order valence-corrected chi connectivity index (χ3v) is 5.22. The molecule has 0 atom stereocenters. The molecule has 4 rings (SSSR count). The molecule has 160 valence electrons. The van der Waals surface area contributed by atoms with Gasteiger partial charge in [-0.2, -0.15) is 4.98 Å². The predicted molar refractivity (Wildman–Crippen MR) is 118 cm³/mol. The molecular weight excluding hydrogens is 396 g/mol. The summed E-state index contributed by atoms with van der Waals surface area (Å²) in [5, 5.41) is 3.67. The van der Waals surface area contributed by atoms with Gasteiger partial charge in [0.25, 0.3) is 5.56 Å². The first-order valence-electron chi connectivity index (χ1n) is 9.97. The molecule has 0 radical (unpaired) electrons. The lowest BCUT2D eigenvalue weighted by Gasteiger charge is -2.12. The molecule has 0 aliphatic rings. The molecule has 1 amide bonds. The Morgan fingerprint density at radius 2 is 1.77 bits per heavy atom. The van der Waals surface area contributed by atoms with E-state index in [1.165, 1.54) is 6.07 Å². The summed E-state index contributed by atoms with van der Waals surface area (Å²) in [5.74, 6) is 0.921. The zero-order valence-corrected chi connectivity index (χ0v) is 17.7. The minimum Gasteiger partial charge on any atom is -0.493 e. The van der Waals surface area contributed by atoms with Gasteiger partial charge in [-0.3, -0.25) is 14.3 Å². The van der Waals surface area contributed by atoms with Gasteiger partial charge in [0.1, 0.15) is 6.54 Å². The van der Waals surface area contributed by atoms with Gasteiger partial charge in [0, 0.05) is 29.8 Å². The molecule has 0 unspecified atom stereocenters. The number of aromatic nitrogens is 3. The summed E-state index contributed by atoms with van der Waals surface area (Å²) in [7, 11) is 3.10. The summed E-state index contributed by atoms with van der Waals surface area (Å²) < 4.78 is 14.4. The van der Waals surface area contributed by atoms with Gasteiger partial charge in [-0.1, -0.05) is 30.3 Å².